The number of amides is 4. The van der Waals surface area contributed by atoms with Crippen molar-refractivity contribution in [2.45, 2.75) is 105 Å². The van der Waals surface area contributed by atoms with Crippen LogP contribution in [-0.2, 0) is 28.7 Å². The van der Waals surface area contributed by atoms with E-state index in [0.717, 1.165) is 0 Å². The molecular weight excluding hydrogens is 568 g/mol. The van der Waals surface area contributed by atoms with Gasteiger partial charge in [-0.05, 0) is 63.2 Å². The van der Waals surface area contributed by atoms with Crippen LogP contribution in [0.4, 0.5) is 4.79 Å². The van der Waals surface area contributed by atoms with E-state index in [1.54, 1.807) is 33.8 Å². The Morgan fingerprint density at radius 1 is 1.09 bits per heavy atom. The largest absolute Gasteiger partial charge is 0.463 e. The number of nitrogens with zero attached hydrogens (tertiary/aromatic N) is 1. The molecule has 0 unspecified atom stereocenters. The molecule has 0 aromatic rings. The second kappa shape index (κ2) is 14.6. The minimum Gasteiger partial charge on any atom is -0.463 e. The third-order valence-corrected chi connectivity index (χ3v) is 8.13. The summed E-state index contributed by atoms with van der Waals surface area (Å²) in [5, 5.41) is 19.0. The summed E-state index contributed by atoms with van der Waals surface area (Å²) in [6.07, 6.45) is 2.50. The zero-order chi connectivity index (χ0) is 33.6. The molecule has 0 aromatic heterocycles. The van der Waals surface area contributed by atoms with Crippen LogP contribution < -0.4 is 16.0 Å². The Labute approximate surface area is 261 Å². The molecule has 1 saturated heterocycles. The number of alkyl carbamates (subject to hydrolysis) is 1. The predicted molar refractivity (Wildman–Crippen MR) is 165 cm³/mol. The number of fused-ring (bicyclic) bond motifs is 1. The van der Waals surface area contributed by atoms with Crippen molar-refractivity contribution in [1.29, 1.82) is 0 Å². The van der Waals surface area contributed by atoms with Gasteiger partial charge in [-0.1, -0.05) is 46.8 Å². The molecular formula is C32H52N4O8. The highest BCUT2D eigenvalue weighted by atomic mass is 16.6. The number of esters is 1. The van der Waals surface area contributed by atoms with Crippen molar-refractivity contribution in [1.82, 2.24) is 20.9 Å². The Morgan fingerprint density at radius 2 is 1.73 bits per heavy atom. The average molecular weight is 621 g/mol. The van der Waals surface area contributed by atoms with Crippen LogP contribution in [0.3, 0.4) is 0 Å². The number of piperidine rings is 1. The highest BCUT2D eigenvalue weighted by molar-refractivity contribution is 5.94. The van der Waals surface area contributed by atoms with Gasteiger partial charge in [0.15, 0.2) is 6.10 Å². The summed E-state index contributed by atoms with van der Waals surface area (Å²) >= 11 is 0. The molecule has 1 heterocycles. The maximum atomic E-state index is 14.0. The minimum atomic E-state index is -1.60. The molecule has 2 fully saturated rings. The lowest BCUT2D eigenvalue weighted by Gasteiger charge is -2.38. The summed E-state index contributed by atoms with van der Waals surface area (Å²) in [5.74, 6) is -2.22. The Morgan fingerprint density at radius 3 is 2.27 bits per heavy atom. The van der Waals surface area contributed by atoms with E-state index < -0.39 is 65.0 Å². The fourth-order valence-electron chi connectivity index (χ4n) is 5.72. The molecule has 4 N–H and O–H groups in total. The van der Waals surface area contributed by atoms with Crippen LogP contribution in [-0.4, -0.2) is 89.3 Å². The SMILES string of the molecule is C=CCC[C@H](NC(=O)[C@@H]1[C@H]2[C@@H](CN1C(=O)[C@@H](NC(=O)OC(C)(C)C)C(C)(C)C)C2(C)C)[C@H](O)C(=O)NC/C=C/C(=O)OCC. The Hall–Kier alpha value is -3.41. The Bertz CT molecular complexity index is 1120. The molecule has 0 bridgehead atoms. The first-order chi connectivity index (χ1) is 20.3. The van der Waals surface area contributed by atoms with Crippen LogP contribution in [0.5, 0.6) is 0 Å². The number of aliphatic hydroxyl groups excluding tert-OH is 1. The Balaban J connectivity index is 2.24. The number of allylic oxidation sites excluding steroid dienone is 1. The average Bonchev–Trinajstić information content (AvgIpc) is 3.21. The van der Waals surface area contributed by atoms with E-state index in [1.165, 1.54) is 17.1 Å². The van der Waals surface area contributed by atoms with E-state index >= 15 is 0 Å². The summed E-state index contributed by atoms with van der Waals surface area (Å²) in [6.45, 7) is 20.7. The first-order valence-corrected chi connectivity index (χ1v) is 15.3. The van der Waals surface area contributed by atoms with Crippen molar-refractivity contribution < 1.29 is 38.6 Å². The lowest BCUT2D eigenvalue weighted by molar-refractivity contribution is -0.145. The number of hydrogen-bond acceptors (Lipinski definition) is 8. The normalized spacial score (nSPS) is 22.7. The van der Waals surface area contributed by atoms with E-state index in [9.17, 15) is 29.1 Å². The number of aliphatic hydroxyl groups is 1. The van der Waals surface area contributed by atoms with Crippen LogP contribution >= 0.6 is 0 Å². The Kier molecular flexibility index (Phi) is 12.2. The molecule has 6 atom stereocenters. The maximum absolute atomic E-state index is 14.0. The summed E-state index contributed by atoms with van der Waals surface area (Å²) < 4.78 is 10.2. The lowest BCUT2D eigenvalue weighted by atomic mass is 9.85. The number of nitrogens with one attached hydrogen (secondary N) is 3. The van der Waals surface area contributed by atoms with Gasteiger partial charge in [-0.25, -0.2) is 9.59 Å². The number of rotatable bonds is 13. The summed E-state index contributed by atoms with van der Waals surface area (Å²) in [5.41, 5.74) is -1.64. The number of hydrogen-bond donors (Lipinski definition) is 4. The molecule has 12 heteroatoms. The van der Waals surface area contributed by atoms with Gasteiger partial charge in [-0.3, -0.25) is 14.4 Å². The molecule has 1 saturated carbocycles. The van der Waals surface area contributed by atoms with Crippen molar-refractivity contribution in [2.75, 3.05) is 19.7 Å². The van der Waals surface area contributed by atoms with E-state index in [4.69, 9.17) is 9.47 Å². The molecule has 4 amide bonds. The van der Waals surface area contributed by atoms with Gasteiger partial charge >= 0.3 is 12.1 Å². The fourth-order valence-corrected chi connectivity index (χ4v) is 5.72. The zero-order valence-electron chi connectivity index (χ0n) is 27.7. The molecule has 12 nitrogen and oxygen atoms in total. The topological polar surface area (TPSA) is 163 Å². The van der Waals surface area contributed by atoms with Crippen molar-refractivity contribution >= 4 is 29.8 Å². The van der Waals surface area contributed by atoms with Gasteiger partial charge in [-0.15, -0.1) is 6.58 Å². The molecule has 0 radical (unpaired) electrons. The second-order valence-corrected chi connectivity index (χ2v) is 14.2. The monoisotopic (exact) mass is 620 g/mol. The smallest absolute Gasteiger partial charge is 0.408 e. The summed E-state index contributed by atoms with van der Waals surface area (Å²) in [6, 6.07) is -2.80. The van der Waals surface area contributed by atoms with Crippen molar-refractivity contribution in [3.05, 3.63) is 24.8 Å². The third-order valence-electron chi connectivity index (χ3n) is 8.13. The molecule has 0 spiro atoms. The van der Waals surface area contributed by atoms with Gasteiger partial charge in [0.25, 0.3) is 5.91 Å². The molecule has 0 aromatic carbocycles. The van der Waals surface area contributed by atoms with Crippen molar-refractivity contribution in [3.63, 3.8) is 0 Å². The van der Waals surface area contributed by atoms with Crippen LogP contribution in [0.1, 0.15) is 75.2 Å². The highest BCUT2D eigenvalue weighted by Gasteiger charge is 2.70. The van der Waals surface area contributed by atoms with Gasteiger partial charge in [-0.2, -0.15) is 0 Å². The van der Waals surface area contributed by atoms with Crippen molar-refractivity contribution in [3.8, 4) is 0 Å². The van der Waals surface area contributed by atoms with E-state index in [1.807, 2.05) is 34.6 Å². The van der Waals surface area contributed by atoms with Gasteiger partial charge in [0.1, 0.15) is 17.7 Å². The second-order valence-electron chi connectivity index (χ2n) is 14.2. The first kappa shape index (κ1) is 36.8. The van der Waals surface area contributed by atoms with Crippen molar-refractivity contribution in [2.24, 2.45) is 22.7 Å². The lowest BCUT2D eigenvalue weighted by Crippen LogP contribution is -2.61. The first-order valence-electron chi connectivity index (χ1n) is 15.3. The van der Waals surface area contributed by atoms with Crippen LogP contribution in [0, 0.1) is 22.7 Å². The fraction of sp³-hybridized carbons (Fsp3) is 0.719. The van der Waals surface area contributed by atoms with Crippen LogP contribution in [0.15, 0.2) is 24.8 Å². The molecule has 2 aliphatic rings. The quantitative estimate of drug-likeness (QED) is 0.139. The number of carbonyl (C=O) groups is 5. The summed E-state index contributed by atoms with van der Waals surface area (Å²) in [4.78, 5) is 66.4. The van der Waals surface area contributed by atoms with Gasteiger partial charge in [0, 0.05) is 19.2 Å². The predicted octanol–water partition coefficient (Wildman–Crippen LogP) is 2.46. The van der Waals surface area contributed by atoms with E-state index in [2.05, 4.69) is 22.5 Å². The van der Waals surface area contributed by atoms with E-state index in [-0.39, 0.29) is 36.8 Å². The van der Waals surface area contributed by atoms with Gasteiger partial charge in [0.05, 0.1) is 12.6 Å². The zero-order valence-corrected chi connectivity index (χ0v) is 27.7. The molecule has 248 valence electrons. The van der Waals surface area contributed by atoms with Gasteiger partial charge in [0.2, 0.25) is 11.8 Å². The molecule has 44 heavy (non-hydrogen) atoms. The van der Waals surface area contributed by atoms with Crippen LogP contribution in [0.2, 0.25) is 0 Å². The standard InChI is InChI=1S/C32H52N4O8/c1-11-13-15-20(24(38)27(40)33-17-14-16-21(37)43-12-2)34-26(39)23-22-19(32(22,9)10)18-36(23)28(41)25(30(3,4)5)35-29(42)44-31(6,7)8/h11,14,16,19-20,22-25,38H,1,12-13,15,17-18H2,2-10H3,(H,33,40)(H,34,39)(H,35,42)/b16-14+/t19-,20+,22-,23+,24+,25-/m1/s1. The van der Waals surface area contributed by atoms with Crippen LogP contribution in [0.25, 0.3) is 0 Å². The number of likely N-dealkylation sites (tertiary alicyclic amines) is 1. The summed E-state index contributed by atoms with van der Waals surface area (Å²) in [7, 11) is 0. The molecule has 1 aliphatic carbocycles. The minimum absolute atomic E-state index is 0.0292. The highest BCUT2D eigenvalue weighted by Crippen LogP contribution is 2.65. The van der Waals surface area contributed by atoms with E-state index in [0.29, 0.717) is 13.0 Å². The number of ether oxygens (including phenoxy) is 2. The van der Waals surface area contributed by atoms with Gasteiger partial charge < -0.3 is 35.4 Å². The maximum Gasteiger partial charge on any atom is 0.408 e. The molecule has 2 rings (SSSR count). The number of carbonyl (C=O) groups excluding carboxylic acids is 5. The third kappa shape index (κ3) is 9.54. The molecule has 1 aliphatic heterocycles.